The molecule has 37 heavy (non-hydrogen) atoms. The predicted molar refractivity (Wildman–Crippen MR) is 141 cm³/mol. The van der Waals surface area contributed by atoms with Gasteiger partial charge in [-0.2, -0.15) is 0 Å². The van der Waals surface area contributed by atoms with E-state index in [1.165, 1.54) is 38.5 Å². The molecule has 10 heteroatoms. The second-order valence-electron chi connectivity index (χ2n) is 8.16. The summed E-state index contributed by atoms with van der Waals surface area (Å²) in [6.45, 7) is 5.01. The number of anilines is 2. The number of hydrogen-bond donors (Lipinski definition) is 1. The quantitative estimate of drug-likeness (QED) is 0.392. The summed E-state index contributed by atoms with van der Waals surface area (Å²) in [4.78, 5) is 25.2. The largest absolute Gasteiger partial charge is 0.497 e. The van der Waals surface area contributed by atoms with E-state index < -0.39 is 28.4 Å². The third-order valence-corrected chi connectivity index (χ3v) is 7.34. The van der Waals surface area contributed by atoms with Crippen molar-refractivity contribution >= 4 is 33.3 Å². The molecule has 0 fully saturated rings. The molecule has 0 bridgehead atoms. The van der Waals surface area contributed by atoms with E-state index in [9.17, 15) is 18.0 Å². The number of benzene rings is 3. The summed E-state index contributed by atoms with van der Waals surface area (Å²) in [5, 5.41) is 2.74. The molecule has 3 aromatic carbocycles. The fourth-order valence-corrected chi connectivity index (χ4v) is 5.03. The zero-order valence-electron chi connectivity index (χ0n) is 21.4. The summed E-state index contributed by atoms with van der Waals surface area (Å²) < 4.78 is 44.1. The first-order valence-corrected chi connectivity index (χ1v) is 12.9. The molecule has 0 heterocycles. The number of sulfonamides is 1. The molecule has 3 rings (SSSR count). The molecule has 0 aliphatic heterocycles. The van der Waals surface area contributed by atoms with Crippen molar-refractivity contribution in [3.05, 3.63) is 77.4 Å². The van der Waals surface area contributed by atoms with Crippen LogP contribution in [0.3, 0.4) is 0 Å². The van der Waals surface area contributed by atoms with Crippen LogP contribution in [0.15, 0.2) is 65.6 Å². The lowest BCUT2D eigenvalue weighted by molar-refractivity contribution is -0.114. The van der Waals surface area contributed by atoms with Crippen LogP contribution in [0.4, 0.5) is 11.4 Å². The summed E-state index contributed by atoms with van der Waals surface area (Å²) in [6.07, 6.45) is 0. The molecule has 0 aliphatic carbocycles. The topological polar surface area (TPSA) is 111 Å². The molecule has 196 valence electrons. The SMILES string of the molecule is CCOC(=O)c1ccc(NC(=O)CN(c2ccc(OC)cc2OC)S(=O)(=O)c2ccc(C)cc2)c(C)c1. The van der Waals surface area contributed by atoms with Crippen molar-refractivity contribution < 1.29 is 32.2 Å². The highest BCUT2D eigenvalue weighted by atomic mass is 32.2. The minimum Gasteiger partial charge on any atom is -0.497 e. The molecule has 9 nitrogen and oxygen atoms in total. The molecule has 0 radical (unpaired) electrons. The van der Waals surface area contributed by atoms with Crippen molar-refractivity contribution in [3.8, 4) is 11.5 Å². The van der Waals surface area contributed by atoms with Gasteiger partial charge in [0.25, 0.3) is 10.0 Å². The number of rotatable bonds is 10. The molecule has 0 unspecified atom stereocenters. The van der Waals surface area contributed by atoms with Gasteiger partial charge in [0.15, 0.2) is 0 Å². The van der Waals surface area contributed by atoms with E-state index in [1.54, 1.807) is 50.2 Å². The lowest BCUT2D eigenvalue weighted by Gasteiger charge is -2.26. The van der Waals surface area contributed by atoms with Crippen LogP contribution < -0.4 is 19.1 Å². The van der Waals surface area contributed by atoms with Crippen LogP contribution in [0.5, 0.6) is 11.5 Å². The van der Waals surface area contributed by atoms with Crippen LogP contribution in [0, 0.1) is 13.8 Å². The Bertz CT molecular complexity index is 1390. The normalized spacial score (nSPS) is 10.9. The van der Waals surface area contributed by atoms with E-state index in [0.717, 1.165) is 9.87 Å². The Kier molecular flexibility index (Phi) is 8.77. The maximum Gasteiger partial charge on any atom is 0.338 e. The smallest absolute Gasteiger partial charge is 0.338 e. The van der Waals surface area contributed by atoms with Crippen molar-refractivity contribution in [2.24, 2.45) is 0 Å². The minimum atomic E-state index is -4.15. The van der Waals surface area contributed by atoms with Gasteiger partial charge < -0.3 is 19.5 Å². The lowest BCUT2D eigenvalue weighted by Crippen LogP contribution is -2.38. The van der Waals surface area contributed by atoms with E-state index in [1.807, 2.05) is 6.92 Å². The Morgan fingerprint density at radius 3 is 2.22 bits per heavy atom. The summed E-state index contributed by atoms with van der Waals surface area (Å²) in [5.74, 6) is -0.362. The Hall–Kier alpha value is -4.05. The molecule has 0 spiro atoms. The van der Waals surface area contributed by atoms with Crippen LogP contribution in [0.25, 0.3) is 0 Å². The molecule has 0 atom stereocenters. The van der Waals surface area contributed by atoms with Crippen molar-refractivity contribution in [3.63, 3.8) is 0 Å². The number of nitrogens with zero attached hydrogens (tertiary/aromatic N) is 1. The van der Waals surface area contributed by atoms with Crippen LogP contribution in [-0.4, -0.2) is 47.7 Å². The lowest BCUT2D eigenvalue weighted by atomic mass is 10.1. The van der Waals surface area contributed by atoms with Gasteiger partial charge in [-0.15, -0.1) is 0 Å². The summed E-state index contributed by atoms with van der Waals surface area (Å²) in [5.41, 5.74) is 2.48. The van der Waals surface area contributed by atoms with Crippen LogP contribution in [0.2, 0.25) is 0 Å². The monoisotopic (exact) mass is 526 g/mol. The van der Waals surface area contributed by atoms with E-state index in [4.69, 9.17) is 14.2 Å². The molecule has 3 aromatic rings. The number of methoxy groups -OCH3 is 2. The minimum absolute atomic E-state index is 0.0266. The van der Waals surface area contributed by atoms with Crippen LogP contribution in [-0.2, 0) is 19.6 Å². The molecule has 0 aromatic heterocycles. The van der Waals surface area contributed by atoms with Gasteiger partial charge >= 0.3 is 5.97 Å². The number of carbonyl (C=O) groups excluding carboxylic acids is 2. The second kappa shape index (κ2) is 11.8. The highest BCUT2D eigenvalue weighted by molar-refractivity contribution is 7.92. The number of ether oxygens (including phenoxy) is 3. The molecule has 0 saturated carbocycles. The van der Waals surface area contributed by atoms with Crippen LogP contribution in [0.1, 0.15) is 28.4 Å². The molecule has 1 N–H and O–H groups in total. The highest BCUT2D eigenvalue weighted by Crippen LogP contribution is 2.35. The van der Waals surface area contributed by atoms with E-state index in [2.05, 4.69) is 5.32 Å². The summed E-state index contributed by atoms with van der Waals surface area (Å²) >= 11 is 0. The van der Waals surface area contributed by atoms with Gasteiger partial charge in [0.2, 0.25) is 5.91 Å². The maximum absolute atomic E-state index is 13.7. The Labute approximate surface area is 217 Å². The first-order chi connectivity index (χ1) is 17.6. The second-order valence-corrected chi connectivity index (χ2v) is 10.0. The molecule has 0 aliphatic rings. The van der Waals surface area contributed by atoms with Gasteiger partial charge in [0.05, 0.1) is 37.0 Å². The number of aryl methyl sites for hydroxylation is 2. The zero-order valence-corrected chi connectivity index (χ0v) is 22.2. The number of amides is 1. The van der Waals surface area contributed by atoms with Crippen LogP contribution >= 0.6 is 0 Å². The standard InChI is InChI=1S/C27H30N2O7S/c1-6-36-27(31)20-9-13-23(19(3)15-20)28-26(30)17-29(24-14-10-21(34-4)16-25(24)35-5)37(32,33)22-11-7-18(2)8-12-22/h7-16H,6,17H2,1-5H3,(H,28,30). The third kappa shape index (κ3) is 6.39. The average Bonchev–Trinajstić information content (AvgIpc) is 2.88. The fraction of sp³-hybridized carbons (Fsp3) is 0.259. The van der Waals surface area contributed by atoms with E-state index >= 15 is 0 Å². The maximum atomic E-state index is 13.7. The van der Waals surface area contributed by atoms with Gasteiger partial charge in [-0.25, -0.2) is 13.2 Å². The van der Waals surface area contributed by atoms with Crippen molar-refractivity contribution in [2.75, 3.05) is 37.0 Å². The van der Waals surface area contributed by atoms with Gasteiger partial charge in [0.1, 0.15) is 18.0 Å². The average molecular weight is 527 g/mol. The fourth-order valence-electron chi connectivity index (χ4n) is 3.59. The molecular weight excluding hydrogens is 496 g/mol. The van der Waals surface area contributed by atoms with Crippen molar-refractivity contribution in [1.82, 2.24) is 0 Å². The summed E-state index contributed by atoms with van der Waals surface area (Å²) in [7, 11) is -1.26. The number of hydrogen-bond acceptors (Lipinski definition) is 7. The highest BCUT2D eigenvalue weighted by Gasteiger charge is 2.30. The van der Waals surface area contributed by atoms with E-state index in [-0.39, 0.29) is 22.9 Å². The van der Waals surface area contributed by atoms with Gasteiger partial charge in [-0.05, 0) is 68.8 Å². The molecule has 1 amide bonds. The zero-order chi connectivity index (χ0) is 27.2. The van der Waals surface area contributed by atoms with Gasteiger partial charge in [-0.3, -0.25) is 9.10 Å². The van der Waals surface area contributed by atoms with Gasteiger partial charge in [0, 0.05) is 11.8 Å². The van der Waals surface area contributed by atoms with E-state index in [0.29, 0.717) is 22.6 Å². The number of nitrogens with one attached hydrogen (secondary N) is 1. The first kappa shape index (κ1) is 27.5. The Morgan fingerprint density at radius 2 is 1.62 bits per heavy atom. The Morgan fingerprint density at radius 1 is 0.919 bits per heavy atom. The molecule has 0 saturated heterocycles. The summed E-state index contributed by atoms with van der Waals surface area (Å²) in [6, 6.07) is 15.7. The van der Waals surface area contributed by atoms with Crippen molar-refractivity contribution in [2.45, 2.75) is 25.7 Å². The number of esters is 1. The molecular formula is C27H30N2O7S. The van der Waals surface area contributed by atoms with Crippen molar-refractivity contribution in [1.29, 1.82) is 0 Å². The van der Waals surface area contributed by atoms with Gasteiger partial charge in [-0.1, -0.05) is 17.7 Å². The predicted octanol–water partition coefficient (Wildman–Crippen LogP) is 4.33. The number of carbonyl (C=O) groups is 2. The first-order valence-electron chi connectivity index (χ1n) is 11.5. The Balaban J connectivity index is 1.97. The third-order valence-electron chi connectivity index (χ3n) is 5.56.